The molecule has 94 valence electrons. The summed E-state index contributed by atoms with van der Waals surface area (Å²) in [6.45, 7) is 0. The monoisotopic (exact) mass is 321 g/mol. The molecule has 1 atom stereocenters. The van der Waals surface area contributed by atoms with Gasteiger partial charge in [-0.15, -0.1) is 0 Å². The molecule has 0 aliphatic carbocycles. The minimum Gasteiger partial charge on any atom is -0.324 e. The lowest BCUT2D eigenvalue weighted by atomic mass is 9.91. The van der Waals surface area contributed by atoms with Crippen LogP contribution in [0.4, 0.5) is 4.39 Å². The molecule has 1 aliphatic heterocycles. The van der Waals surface area contributed by atoms with E-state index in [-0.39, 0.29) is 17.3 Å². The van der Waals surface area contributed by atoms with Gasteiger partial charge in [-0.05, 0) is 36.6 Å². The first-order chi connectivity index (χ1) is 7.80. The molecule has 2 rings (SSSR count). The van der Waals surface area contributed by atoms with Crippen LogP contribution in [0.1, 0.15) is 12.0 Å². The highest BCUT2D eigenvalue weighted by Crippen LogP contribution is 2.28. The summed E-state index contributed by atoms with van der Waals surface area (Å²) in [5.74, 6) is -0.244. The van der Waals surface area contributed by atoms with Crippen molar-refractivity contribution in [2.24, 2.45) is 5.73 Å². The van der Waals surface area contributed by atoms with E-state index in [0.717, 1.165) is 4.47 Å². The van der Waals surface area contributed by atoms with Crippen molar-refractivity contribution in [3.05, 3.63) is 34.1 Å². The molecule has 1 saturated heterocycles. The van der Waals surface area contributed by atoms with Gasteiger partial charge >= 0.3 is 0 Å². The van der Waals surface area contributed by atoms with Gasteiger partial charge in [0.2, 0.25) is 0 Å². The number of rotatable bonds is 2. The smallest absolute Gasteiger partial charge is 0.152 e. The van der Waals surface area contributed by atoms with Gasteiger partial charge in [-0.3, -0.25) is 0 Å². The van der Waals surface area contributed by atoms with Crippen LogP contribution < -0.4 is 5.73 Å². The fourth-order valence-electron chi connectivity index (χ4n) is 2.14. The summed E-state index contributed by atoms with van der Waals surface area (Å²) < 4.78 is 36.7. The van der Waals surface area contributed by atoms with Crippen LogP contribution in [0.2, 0.25) is 0 Å². The SMILES string of the molecule is NC1(Cc2cc(F)ccc2Br)CCS(=O)(=O)C1. The molecule has 1 aromatic carbocycles. The Morgan fingerprint density at radius 1 is 1.47 bits per heavy atom. The molecule has 17 heavy (non-hydrogen) atoms. The van der Waals surface area contributed by atoms with E-state index in [0.29, 0.717) is 18.4 Å². The van der Waals surface area contributed by atoms with Crippen LogP contribution in [-0.4, -0.2) is 25.5 Å². The summed E-state index contributed by atoms with van der Waals surface area (Å²) >= 11 is 3.32. The lowest BCUT2D eigenvalue weighted by Crippen LogP contribution is -2.43. The largest absolute Gasteiger partial charge is 0.324 e. The van der Waals surface area contributed by atoms with E-state index in [1.807, 2.05) is 0 Å². The quantitative estimate of drug-likeness (QED) is 0.901. The number of halogens is 2. The molecule has 1 unspecified atom stereocenters. The Morgan fingerprint density at radius 3 is 2.76 bits per heavy atom. The first kappa shape index (κ1) is 13.0. The van der Waals surface area contributed by atoms with Gasteiger partial charge in [0, 0.05) is 10.0 Å². The zero-order valence-corrected chi connectivity index (χ0v) is 11.5. The van der Waals surface area contributed by atoms with Crippen LogP contribution in [0.25, 0.3) is 0 Å². The number of hydrogen-bond donors (Lipinski definition) is 1. The summed E-state index contributed by atoms with van der Waals surface area (Å²) in [6.07, 6.45) is 0.795. The molecule has 0 bridgehead atoms. The van der Waals surface area contributed by atoms with E-state index in [4.69, 9.17) is 5.73 Å². The third kappa shape index (κ3) is 3.05. The van der Waals surface area contributed by atoms with Crippen molar-refractivity contribution in [2.75, 3.05) is 11.5 Å². The third-order valence-electron chi connectivity index (χ3n) is 2.97. The Labute approximate surface area is 108 Å². The standard InChI is InChI=1S/C11H13BrFNO2S/c12-10-2-1-9(13)5-8(10)6-11(14)3-4-17(15,16)7-11/h1-2,5H,3-4,6-7,14H2. The van der Waals surface area contributed by atoms with Crippen LogP contribution in [0, 0.1) is 5.82 Å². The van der Waals surface area contributed by atoms with E-state index in [1.54, 1.807) is 6.07 Å². The molecule has 6 heteroatoms. The van der Waals surface area contributed by atoms with Gasteiger partial charge in [0.05, 0.1) is 11.5 Å². The fraction of sp³-hybridized carbons (Fsp3) is 0.455. The van der Waals surface area contributed by atoms with Gasteiger partial charge in [-0.2, -0.15) is 0 Å². The molecule has 1 fully saturated rings. The Kier molecular flexibility index (Phi) is 3.31. The molecule has 2 N–H and O–H groups in total. The van der Waals surface area contributed by atoms with Crippen molar-refractivity contribution in [2.45, 2.75) is 18.4 Å². The van der Waals surface area contributed by atoms with Gasteiger partial charge in [-0.1, -0.05) is 15.9 Å². The molecular formula is C11H13BrFNO2S. The number of benzene rings is 1. The second-order valence-electron chi connectivity index (χ2n) is 4.62. The highest BCUT2D eigenvalue weighted by Gasteiger charge is 2.39. The fourth-order valence-corrected chi connectivity index (χ4v) is 4.51. The van der Waals surface area contributed by atoms with Crippen LogP contribution in [0.5, 0.6) is 0 Å². The van der Waals surface area contributed by atoms with Crippen LogP contribution in [0.3, 0.4) is 0 Å². The van der Waals surface area contributed by atoms with Crippen molar-refractivity contribution in [1.29, 1.82) is 0 Å². The normalized spacial score (nSPS) is 27.2. The van der Waals surface area contributed by atoms with Crippen molar-refractivity contribution < 1.29 is 12.8 Å². The molecule has 1 heterocycles. The Hall–Kier alpha value is -0.460. The van der Waals surface area contributed by atoms with Gasteiger partial charge in [0.25, 0.3) is 0 Å². The second kappa shape index (κ2) is 4.33. The van der Waals surface area contributed by atoms with Crippen molar-refractivity contribution in [3.63, 3.8) is 0 Å². The third-order valence-corrected chi connectivity index (χ3v) is 5.58. The van der Waals surface area contributed by atoms with E-state index in [1.165, 1.54) is 12.1 Å². The predicted molar refractivity (Wildman–Crippen MR) is 68.0 cm³/mol. The number of sulfone groups is 1. The highest BCUT2D eigenvalue weighted by atomic mass is 79.9. The summed E-state index contributed by atoms with van der Waals surface area (Å²) in [5.41, 5.74) is 6.01. The topological polar surface area (TPSA) is 60.2 Å². The molecule has 1 aliphatic rings. The molecule has 0 saturated carbocycles. The minimum absolute atomic E-state index is 0.0248. The maximum atomic E-state index is 13.1. The molecule has 0 spiro atoms. The predicted octanol–water partition coefficient (Wildman–Crippen LogP) is 1.65. The van der Waals surface area contributed by atoms with E-state index in [9.17, 15) is 12.8 Å². The molecular weight excluding hydrogens is 309 g/mol. The first-order valence-corrected chi connectivity index (χ1v) is 7.84. The number of nitrogens with two attached hydrogens (primary N) is 1. The maximum Gasteiger partial charge on any atom is 0.152 e. The van der Waals surface area contributed by atoms with E-state index < -0.39 is 15.4 Å². The van der Waals surface area contributed by atoms with Gasteiger partial charge in [0.1, 0.15) is 5.82 Å². The zero-order chi connectivity index (χ0) is 12.7. The molecule has 1 aromatic rings. The average Bonchev–Trinajstić information content (AvgIpc) is 2.47. The Morgan fingerprint density at radius 2 is 2.18 bits per heavy atom. The highest BCUT2D eigenvalue weighted by molar-refractivity contribution is 9.10. The lowest BCUT2D eigenvalue weighted by molar-refractivity contribution is 0.474. The summed E-state index contributed by atoms with van der Waals surface area (Å²) in [7, 11) is -3.03. The molecule has 0 aromatic heterocycles. The van der Waals surface area contributed by atoms with E-state index in [2.05, 4.69) is 15.9 Å². The van der Waals surface area contributed by atoms with E-state index >= 15 is 0 Å². The second-order valence-corrected chi connectivity index (χ2v) is 7.66. The maximum absolute atomic E-state index is 13.1. The summed E-state index contributed by atoms with van der Waals surface area (Å²) in [6, 6.07) is 4.35. The van der Waals surface area contributed by atoms with Crippen molar-refractivity contribution >= 4 is 25.8 Å². The summed E-state index contributed by atoms with van der Waals surface area (Å²) in [4.78, 5) is 0. The Bertz CT molecular complexity index is 546. The van der Waals surface area contributed by atoms with Crippen LogP contribution in [-0.2, 0) is 16.3 Å². The van der Waals surface area contributed by atoms with Gasteiger partial charge in [-0.25, -0.2) is 12.8 Å². The van der Waals surface area contributed by atoms with Crippen LogP contribution in [0.15, 0.2) is 22.7 Å². The van der Waals surface area contributed by atoms with Crippen LogP contribution >= 0.6 is 15.9 Å². The summed E-state index contributed by atoms with van der Waals surface area (Å²) in [5, 5.41) is 0. The molecule has 3 nitrogen and oxygen atoms in total. The van der Waals surface area contributed by atoms with Crippen molar-refractivity contribution in [3.8, 4) is 0 Å². The zero-order valence-electron chi connectivity index (χ0n) is 9.12. The van der Waals surface area contributed by atoms with Gasteiger partial charge < -0.3 is 5.73 Å². The average molecular weight is 322 g/mol. The lowest BCUT2D eigenvalue weighted by Gasteiger charge is -2.22. The molecule has 0 radical (unpaired) electrons. The Balaban J connectivity index is 2.24. The first-order valence-electron chi connectivity index (χ1n) is 5.23. The molecule has 0 amide bonds. The van der Waals surface area contributed by atoms with Crippen molar-refractivity contribution in [1.82, 2.24) is 0 Å². The minimum atomic E-state index is -3.03. The number of hydrogen-bond acceptors (Lipinski definition) is 3. The van der Waals surface area contributed by atoms with Gasteiger partial charge in [0.15, 0.2) is 9.84 Å².